The minimum atomic E-state index is -0.317. The summed E-state index contributed by atoms with van der Waals surface area (Å²) < 4.78 is 0. The SMILES string of the molecule is C=CCN(CC=C)NC(=O)NN(CC=C)CC=C. The molecule has 0 aromatic heterocycles. The molecule has 0 spiro atoms. The van der Waals surface area contributed by atoms with Gasteiger partial charge in [-0.05, 0) is 0 Å². The van der Waals surface area contributed by atoms with Gasteiger partial charge in [-0.1, -0.05) is 24.3 Å². The molecular formula is C13H22N4O. The first kappa shape index (κ1) is 16.1. The fourth-order valence-electron chi connectivity index (χ4n) is 1.27. The van der Waals surface area contributed by atoms with Gasteiger partial charge in [0.25, 0.3) is 0 Å². The highest BCUT2D eigenvalue weighted by Crippen LogP contribution is 1.87. The van der Waals surface area contributed by atoms with Gasteiger partial charge in [0.2, 0.25) is 0 Å². The summed E-state index contributed by atoms with van der Waals surface area (Å²) in [4.78, 5) is 11.7. The van der Waals surface area contributed by atoms with Crippen LogP contribution in [0, 0.1) is 0 Å². The first-order chi connectivity index (χ1) is 8.67. The molecule has 2 N–H and O–H groups in total. The summed E-state index contributed by atoms with van der Waals surface area (Å²) in [6.07, 6.45) is 6.81. The number of urea groups is 1. The smallest absolute Gasteiger partial charge is 0.269 e. The average Bonchev–Trinajstić information content (AvgIpc) is 2.30. The van der Waals surface area contributed by atoms with Gasteiger partial charge in [0.1, 0.15) is 0 Å². The van der Waals surface area contributed by atoms with E-state index in [0.717, 1.165) is 0 Å². The highest BCUT2D eigenvalue weighted by Gasteiger charge is 2.09. The number of nitrogens with one attached hydrogen (secondary N) is 2. The Hall–Kier alpha value is -1.85. The molecule has 100 valence electrons. The Morgan fingerprint density at radius 1 is 0.778 bits per heavy atom. The van der Waals surface area contributed by atoms with E-state index >= 15 is 0 Å². The predicted octanol–water partition coefficient (Wildman–Crippen LogP) is 1.46. The van der Waals surface area contributed by atoms with Crippen LogP contribution in [0.2, 0.25) is 0 Å². The van der Waals surface area contributed by atoms with Crippen molar-refractivity contribution in [3.8, 4) is 0 Å². The maximum absolute atomic E-state index is 11.7. The molecule has 0 unspecified atom stereocenters. The minimum absolute atomic E-state index is 0.317. The largest absolute Gasteiger partial charge is 0.343 e. The van der Waals surface area contributed by atoms with Gasteiger partial charge in [-0.2, -0.15) is 0 Å². The van der Waals surface area contributed by atoms with Gasteiger partial charge in [0.15, 0.2) is 0 Å². The summed E-state index contributed by atoms with van der Waals surface area (Å²) in [5, 5.41) is 3.38. The number of nitrogens with zero attached hydrogens (tertiary/aromatic N) is 2. The van der Waals surface area contributed by atoms with E-state index < -0.39 is 0 Å². The van der Waals surface area contributed by atoms with Crippen molar-refractivity contribution in [2.24, 2.45) is 0 Å². The standard InChI is InChI=1S/C13H22N4O/c1-5-9-16(10-6-2)14-13(18)15-17(11-7-3)12-8-4/h5-8H,1-4,9-12H2,(H2,14,15,18). The summed E-state index contributed by atoms with van der Waals surface area (Å²) in [6.45, 7) is 16.7. The van der Waals surface area contributed by atoms with E-state index in [9.17, 15) is 4.79 Å². The van der Waals surface area contributed by atoms with Crippen molar-refractivity contribution >= 4 is 6.03 Å². The second-order valence-corrected chi connectivity index (χ2v) is 3.52. The zero-order valence-corrected chi connectivity index (χ0v) is 10.8. The molecule has 5 heteroatoms. The van der Waals surface area contributed by atoms with Crippen molar-refractivity contribution in [3.05, 3.63) is 50.6 Å². The zero-order chi connectivity index (χ0) is 13.8. The van der Waals surface area contributed by atoms with Crippen molar-refractivity contribution in [1.82, 2.24) is 20.9 Å². The van der Waals surface area contributed by atoms with E-state index in [1.165, 1.54) is 0 Å². The van der Waals surface area contributed by atoms with Gasteiger partial charge >= 0.3 is 6.03 Å². The van der Waals surface area contributed by atoms with Gasteiger partial charge in [0.05, 0.1) is 0 Å². The van der Waals surface area contributed by atoms with Gasteiger partial charge < -0.3 is 0 Å². The molecule has 0 aromatic rings. The lowest BCUT2D eigenvalue weighted by atomic mass is 10.5. The van der Waals surface area contributed by atoms with Crippen molar-refractivity contribution < 1.29 is 4.79 Å². The first-order valence-electron chi connectivity index (χ1n) is 5.68. The maximum atomic E-state index is 11.7. The summed E-state index contributed by atoms with van der Waals surface area (Å²) in [6, 6.07) is -0.317. The normalized spacial score (nSPS) is 9.89. The molecule has 0 atom stereocenters. The molecule has 0 heterocycles. The molecule has 0 rings (SSSR count). The van der Waals surface area contributed by atoms with Crippen molar-refractivity contribution in [3.63, 3.8) is 0 Å². The molecule has 0 aliphatic heterocycles. The molecule has 0 radical (unpaired) electrons. The second-order valence-electron chi connectivity index (χ2n) is 3.52. The average molecular weight is 250 g/mol. The summed E-state index contributed by atoms with van der Waals surface area (Å²) in [7, 11) is 0. The second kappa shape index (κ2) is 10.3. The van der Waals surface area contributed by atoms with Crippen LogP contribution in [0.15, 0.2) is 50.6 Å². The van der Waals surface area contributed by atoms with Crippen LogP contribution < -0.4 is 10.9 Å². The molecule has 2 amide bonds. The van der Waals surface area contributed by atoms with Gasteiger partial charge in [-0.15, -0.1) is 26.3 Å². The van der Waals surface area contributed by atoms with Crippen LogP contribution in [0.1, 0.15) is 0 Å². The van der Waals surface area contributed by atoms with Crippen LogP contribution in [0.3, 0.4) is 0 Å². The zero-order valence-electron chi connectivity index (χ0n) is 10.8. The number of hydrogen-bond donors (Lipinski definition) is 2. The van der Waals surface area contributed by atoms with E-state index in [1.54, 1.807) is 34.3 Å². The molecule has 0 fully saturated rings. The van der Waals surface area contributed by atoms with Crippen molar-refractivity contribution in [2.75, 3.05) is 26.2 Å². The Balaban J connectivity index is 4.25. The van der Waals surface area contributed by atoms with Crippen LogP contribution in [0.25, 0.3) is 0 Å². The van der Waals surface area contributed by atoms with Crippen molar-refractivity contribution in [2.45, 2.75) is 0 Å². The highest BCUT2D eigenvalue weighted by molar-refractivity contribution is 5.72. The lowest BCUT2D eigenvalue weighted by Crippen LogP contribution is -2.53. The predicted molar refractivity (Wildman–Crippen MR) is 75.6 cm³/mol. The fourth-order valence-corrected chi connectivity index (χ4v) is 1.27. The lowest BCUT2D eigenvalue weighted by Gasteiger charge is -2.24. The van der Waals surface area contributed by atoms with Crippen LogP contribution in [0.5, 0.6) is 0 Å². The number of carbonyl (C=O) groups is 1. The number of amides is 2. The van der Waals surface area contributed by atoms with E-state index in [1.807, 2.05) is 0 Å². The fraction of sp³-hybridized carbons (Fsp3) is 0.308. The third kappa shape index (κ3) is 7.43. The Labute approximate surface area is 109 Å². The summed E-state index contributed by atoms with van der Waals surface area (Å²) >= 11 is 0. The summed E-state index contributed by atoms with van der Waals surface area (Å²) in [5.41, 5.74) is 5.39. The number of rotatable bonds is 10. The van der Waals surface area contributed by atoms with Crippen molar-refractivity contribution in [1.29, 1.82) is 0 Å². The topological polar surface area (TPSA) is 47.6 Å². The number of hydrogen-bond acceptors (Lipinski definition) is 3. The molecule has 0 saturated heterocycles. The Kier molecular flexibility index (Phi) is 9.25. The molecule has 0 aliphatic rings. The van der Waals surface area contributed by atoms with E-state index in [0.29, 0.717) is 26.2 Å². The maximum Gasteiger partial charge on any atom is 0.343 e. The molecule has 18 heavy (non-hydrogen) atoms. The monoisotopic (exact) mass is 250 g/mol. The Morgan fingerprint density at radius 2 is 1.06 bits per heavy atom. The van der Waals surface area contributed by atoms with Crippen LogP contribution >= 0.6 is 0 Å². The molecule has 0 bridgehead atoms. The number of hydrazine groups is 2. The molecule has 0 aromatic carbocycles. The van der Waals surface area contributed by atoms with E-state index in [2.05, 4.69) is 37.2 Å². The summed E-state index contributed by atoms with van der Waals surface area (Å²) in [5.74, 6) is 0. The number of carbonyl (C=O) groups excluding carboxylic acids is 1. The quantitative estimate of drug-likeness (QED) is 0.456. The minimum Gasteiger partial charge on any atom is -0.269 e. The van der Waals surface area contributed by atoms with E-state index in [4.69, 9.17) is 0 Å². The third-order valence-electron chi connectivity index (χ3n) is 1.92. The molecule has 0 saturated carbocycles. The molecule has 0 aliphatic carbocycles. The highest BCUT2D eigenvalue weighted by atomic mass is 16.2. The van der Waals surface area contributed by atoms with Crippen LogP contribution in [-0.2, 0) is 0 Å². The van der Waals surface area contributed by atoms with E-state index in [-0.39, 0.29) is 6.03 Å². The van der Waals surface area contributed by atoms with Gasteiger partial charge in [-0.3, -0.25) is 10.9 Å². The third-order valence-corrected chi connectivity index (χ3v) is 1.92. The first-order valence-corrected chi connectivity index (χ1v) is 5.68. The molecule has 5 nitrogen and oxygen atoms in total. The Bertz CT molecular complexity index is 253. The van der Waals surface area contributed by atoms with Gasteiger partial charge in [-0.25, -0.2) is 14.8 Å². The van der Waals surface area contributed by atoms with Crippen LogP contribution in [-0.4, -0.2) is 42.2 Å². The van der Waals surface area contributed by atoms with Gasteiger partial charge in [0, 0.05) is 26.2 Å². The lowest BCUT2D eigenvalue weighted by molar-refractivity contribution is 0.163. The Morgan fingerprint density at radius 3 is 1.28 bits per heavy atom. The van der Waals surface area contributed by atoms with Crippen LogP contribution in [0.4, 0.5) is 4.79 Å². The molecular weight excluding hydrogens is 228 g/mol.